The summed E-state index contributed by atoms with van der Waals surface area (Å²) in [6.45, 7) is 10.9. The fraction of sp³-hybridized carbons (Fsp3) is 0.476. The van der Waals surface area contributed by atoms with Crippen LogP contribution in [-0.4, -0.2) is 49.5 Å². The summed E-state index contributed by atoms with van der Waals surface area (Å²) in [6.07, 6.45) is 2.45. The summed E-state index contributed by atoms with van der Waals surface area (Å²) in [5.41, 5.74) is 3.81. The molecular weight excluding hydrogens is 376 g/mol. The molecule has 1 fully saturated rings. The molecule has 1 saturated heterocycles. The van der Waals surface area contributed by atoms with E-state index in [0.29, 0.717) is 25.4 Å². The molecule has 1 aromatic carbocycles. The monoisotopic (exact) mass is 404 g/mol. The molecule has 0 unspecified atom stereocenters. The normalized spacial score (nSPS) is 18.5. The first-order chi connectivity index (χ1) is 13.2. The van der Waals surface area contributed by atoms with E-state index in [-0.39, 0.29) is 17.5 Å². The highest BCUT2D eigenvalue weighted by molar-refractivity contribution is 7.91. The van der Waals surface area contributed by atoms with Crippen molar-refractivity contribution in [1.29, 1.82) is 0 Å². The van der Waals surface area contributed by atoms with Crippen molar-refractivity contribution in [3.05, 3.63) is 47.4 Å². The summed E-state index contributed by atoms with van der Waals surface area (Å²) in [6, 6.07) is 4.00. The molecule has 0 N–H and O–H groups in total. The van der Waals surface area contributed by atoms with Gasteiger partial charge in [0.15, 0.2) is 9.84 Å². The Morgan fingerprint density at radius 2 is 2.07 bits per heavy atom. The Morgan fingerprint density at radius 1 is 1.32 bits per heavy atom. The smallest absolute Gasteiger partial charge is 0.226 e. The second-order valence-corrected chi connectivity index (χ2v) is 9.66. The number of sulfone groups is 1. The molecule has 3 rings (SSSR count). The van der Waals surface area contributed by atoms with Gasteiger partial charge < -0.3 is 9.15 Å². The van der Waals surface area contributed by atoms with Crippen LogP contribution in [0.2, 0.25) is 0 Å². The van der Waals surface area contributed by atoms with Crippen molar-refractivity contribution in [3.63, 3.8) is 0 Å². The molecule has 1 atom stereocenters. The Hall–Kier alpha value is -2.12. The molecule has 1 aliphatic heterocycles. The summed E-state index contributed by atoms with van der Waals surface area (Å²) >= 11 is 0. The number of rotatable bonds is 7. The van der Waals surface area contributed by atoms with Crippen LogP contribution in [0.15, 0.2) is 29.2 Å². The number of aromatic nitrogens is 1. The molecule has 0 bridgehead atoms. The van der Waals surface area contributed by atoms with Gasteiger partial charge in [0.2, 0.25) is 5.89 Å². The SMILES string of the molecule is C=CCN(Cc1nc(-c2cc(C)c(OC)cc2C)oc1C)[C@H]1CCS(=O)(=O)C1. The third-order valence-corrected chi connectivity index (χ3v) is 7.06. The summed E-state index contributed by atoms with van der Waals surface area (Å²) in [4.78, 5) is 6.86. The van der Waals surface area contributed by atoms with Crippen LogP contribution >= 0.6 is 0 Å². The average molecular weight is 405 g/mol. The van der Waals surface area contributed by atoms with Crippen molar-refractivity contribution >= 4 is 9.84 Å². The van der Waals surface area contributed by atoms with Crippen molar-refractivity contribution in [1.82, 2.24) is 9.88 Å². The minimum atomic E-state index is -2.95. The van der Waals surface area contributed by atoms with Gasteiger partial charge in [-0.25, -0.2) is 13.4 Å². The van der Waals surface area contributed by atoms with E-state index in [1.54, 1.807) is 13.2 Å². The summed E-state index contributed by atoms with van der Waals surface area (Å²) < 4.78 is 35.1. The van der Waals surface area contributed by atoms with Crippen LogP contribution in [0.4, 0.5) is 0 Å². The minimum Gasteiger partial charge on any atom is -0.496 e. The van der Waals surface area contributed by atoms with Gasteiger partial charge in [-0.15, -0.1) is 6.58 Å². The lowest BCUT2D eigenvalue weighted by Gasteiger charge is -2.25. The van der Waals surface area contributed by atoms with Crippen molar-refractivity contribution in [2.24, 2.45) is 0 Å². The van der Waals surface area contributed by atoms with Gasteiger partial charge in [0, 0.05) is 24.7 Å². The van der Waals surface area contributed by atoms with E-state index in [1.165, 1.54) is 0 Å². The molecule has 0 aliphatic carbocycles. The lowest BCUT2D eigenvalue weighted by atomic mass is 10.0. The van der Waals surface area contributed by atoms with Crippen molar-refractivity contribution in [2.45, 2.75) is 39.8 Å². The van der Waals surface area contributed by atoms with Crippen molar-refractivity contribution in [2.75, 3.05) is 25.2 Å². The summed E-state index contributed by atoms with van der Waals surface area (Å²) in [7, 11) is -1.29. The number of benzene rings is 1. The van der Waals surface area contributed by atoms with Gasteiger partial charge in [-0.3, -0.25) is 4.90 Å². The maximum Gasteiger partial charge on any atom is 0.226 e. The first-order valence-corrected chi connectivity index (χ1v) is 11.2. The fourth-order valence-electron chi connectivity index (χ4n) is 3.69. The molecule has 1 aromatic heterocycles. The van der Waals surface area contributed by atoms with Crippen molar-refractivity contribution in [3.8, 4) is 17.2 Å². The molecule has 2 aromatic rings. The van der Waals surface area contributed by atoms with Gasteiger partial charge >= 0.3 is 0 Å². The molecule has 152 valence electrons. The Labute approximate surface area is 167 Å². The largest absolute Gasteiger partial charge is 0.496 e. The quantitative estimate of drug-likeness (QED) is 0.658. The molecule has 2 heterocycles. The van der Waals surface area contributed by atoms with Gasteiger partial charge in [0.1, 0.15) is 11.5 Å². The van der Waals surface area contributed by atoms with E-state index in [4.69, 9.17) is 14.1 Å². The van der Waals surface area contributed by atoms with Crippen LogP contribution in [0.5, 0.6) is 5.75 Å². The Morgan fingerprint density at radius 3 is 2.68 bits per heavy atom. The van der Waals surface area contributed by atoms with E-state index in [9.17, 15) is 8.42 Å². The second-order valence-electron chi connectivity index (χ2n) is 7.43. The lowest BCUT2D eigenvalue weighted by Crippen LogP contribution is -2.36. The van der Waals surface area contributed by atoms with Crippen molar-refractivity contribution < 1.29 is 17.6 Å². The number of methoxy groups -OCH3 is 1. The van der Waals surface area contributed by atoms with Gasteiger partial charge in [0.05, 0.1) is 24.3 Å². The number of ether oxygens (including phenoxy) is 1. The highest BCUT2D eigenvalue weighted by Gasteiger charge is 2.32. The van der Waals surface area contributed by atoms with Gasteiger partial charge in [-0.05, 0) is 50.5 Å². The van der Waals surface area contributed by atoms with Crippen LogP contribution in [0.3, 0.4) is 0 Å². The molecular formula is C21H28N2O4S. The van der Waals surface area contributed by atoms with E-state index < -0.39 is 9.84 Å². The highest BCUT2D eigenvalue weighted by atomic mass is 32.2. The zero-order valence-corrected chi connectivity index (χ0v) is 17.8. The molecule has 28 heavy (non-hydrogen) atoms. The predicted octanol–water partition coefficient (Wildman–Crippen LogP) is 3.45. The molecule has 0 saturated carbocycles. The number of hydrogen-bond donors (Lipinski definition) is 0. The van der Waals surface area contributed by atoms with Gasteiger partial charge in [-0.1, -0.05) is 6.08 Å². The molecule has 0 spiro atoms. The predicted molar refractivity (Wildman–Crippen MR) is 110 cm³/mol. The standard InChI is InChI=1S/C21H28N2O4S/c1-6-8-23(17-7-9-28(24,25)13-17)12-19-16(4)27-21(22-19)18-10-15(3)20(26-5)11-14(18)2/h6,10-11,17H,1,7-9,12-13H2,2-5H3/t17-/m0/s1. The number of aryl methyl sites for hydroxylation is 3. The Kier molecular flexibility index (Phi) is 5.95. The molecule has 6 nitrogen and oxygen atoms in total. The third kappa shape index (κ3) is 4.31. The van der Waals surface area contributed by atoms with E-state index >= 15 is 0 Å². The Bertz CT molecular complexity index is 979. The highest BCUT2D eigenvalue weighted by Crippen LogP contribution is 2.31. The fourth-order valence-corrected chi connectivity index (χ4v) is 5.46. The number of nitrogens with zero attached hydrogens (tertiary/aromatic N) is 2. The van der Waals surface area contributed by atoms with E-state index in [2.05, 4.69) is 11.5 Å². The zero-order chi connectivity index (χ0) is 20.5. The van der Waals surface area contributed by atoms with Crippen LogP contribution in [0, 0.1) is 20.8 Å². The molecule has 7 heteroatoms. The lowest BCUT2D eigenvalue weighted by molar-refractivity contribution is 0.223. The minimum absolute atomic E-state index is 0.00693. The maximum absolute atomic E-state index is 11.9. The van der Waals surface area contributed by atoms with E-state index in [0.717, 1.165) is 33.9 Å². The van der Waals surface area contributed by atoms with Crippen LogP contribution in [0.1, 0.15) is 29.0 Å². The first kappa shape index (κ1) is 20.6. The zero-order valence-electron chi connectivity index (χ0n) is 17.0. The molecule has 0 amide bonds. The number of oxazole rings is 1. The molecule has 0 radical (unpaired) electrons. The van der Waals surface area contributed by atoms with Crippen LogP contribution in [0.25, 0.3) is 11.5 Å². The summed E-state index contributed by atoms with van der Waals surface area (Å²) in [5, 5.41) is 0. The van der Waals surface area contributed by atoms with Gasteiger partial charge in [-0.2, -0.15) is 0 Å². The maximum atomic E-state index is 11.9. The Balaban J connectivity index is 1.87. The topological polar surface area (TPSA) is 72.6 Å². The van der Waals surface area contributed by atoms with Crippen LogP contribution < -0.4 is 4.74 Å². The average Bonchev–Trinajstić information content (AvgIpc) is 3.18. The summed E-state index contributed by atoms with van der Waals surface area (Å²) in [5.74, 6) is 2.61. The third-order valence-electron chi connectivity index (χ3n) is 5.31. The van der Waals surface area contributed by atoms with Crippen LogP contribution in [-0.2, 0) is 16.4 Å². The van der Waals surface area contributed by atoms with E-state index in [1.807, 2.05) is 32.9 Å². The van der Waals surface area contributed by atoms with Gasteiger partial charge in [0.25, 0.3) is 0 Å². The first-order valence-electron chi connectivity index (χ1n) is 9.41. The molecule has 1 aliphatic rings. The second kappa shape index (κ2) is 8.09. The number of hydrogen-bond acceptors (Lipinski definition) is 6.